The molecule has 7 heteroatoms. The van der Waals surface area contributed by atoms with E-state index < -0.39 is 0 Å². The van der Waals surface area contributed by atoms with E-state index >= 15 is 0 Å². The van der Waals surface area contributed by atoms with Crippen molar-refractivity contribution >= 4 is 17.5 Å². The number of hydrazone groups is 1. The molecule has 0 spiro atoms. The van der Waals surface area contributed by atoms with Crippen LogP contribution in [0.5, 0.6) is 11.5 Å². The van der Waals surface area contributed by atoms with Gasteiger partial charge in [0.1, 0.15) is 18.0 Å². The van der Waals surface area contributed by atoms with Crippen molar-refractivity contribution in [1.29, 1.82) is 0 Å². The number of para-hydroxylation sites is 1. The molecule has 0 aromatic heterocycles. The third-order valence-corrected chi connectivity index (χ3v) is 5.74. The summed E-state index contributed by atoms with van der Waals surface area (Å²) in [6.45, 7) is -0.00409. The second-order valence-electron chi connectivity index (χ2n) is 7.95. The molecule has 2 aliphatic rings. The van der Waals surface area contributed by atoms with E-state index in [0.717, 1.165) is 35.4 Å². The first-order valence-corrected chi connectivity index (χ1v) is 10.4. The van der Waals surface area contributed by atoms with Gasteiger partial charge in [0.15, 0.2) is 0 Å². The molecular formula is C24H27N3O4. The second kappa shape index (κ2) is 8.79. The molecule has 0 bridgehead atoms. The summed E-state index contributed by atoms with van der Waals surface area (Å²) >= 11 is 0. The van der Waals surface area contributed by atoms with Crippen molar-refractivity contribution < 1.29 is 19.1 Å². The zero-order valence-electron chi connectivity index (χ0n) is 18.1. The predicted octanol–water partition coefficient (Wildman–Crippen LogP) is 3.25. The monoisotopic (exact) mass is 421 g/mol. The lowest BCUT2D eigenvalue weighted by molar-refractivity contribution is -0.141. The van der Waals surface area contributed by atoms with Gasteiger partial charge in [0, 0.05) is 30.5 Å². The predicted molar refractivity (Wildman–Crippen MR) is 117 cm³/mol. The Morgan fingerprint density at radius 2 is 1.87 bits per heavy atom. The first kappa shape index (κ1) is 20.9. The van der Waals surface area contributed by atoms with Crippen molar-refractivity contribution in [1.82, 2.24) is 9.91 Å². The summed E-state index contributed by atoms with van der Waals surface area (Å²) in [6, 6.07) is 15.0. The van der Waals surface area contributed by atoms with Crippen LogP contribution in [0.25, 0.3) is 0 Å². The van der Waals surface area contributed by atoms with Gasteiger partial charge in [-0.2, -0.15) is 5.10 Å². The van der Waals surface area contributed by atoms with Gasteiger partial charge in [0.05, 0.1) is 26.0 Å². The fraction of sp³-hybridized carbons (Fsp3) is 0.375. The minimum atomic E-state index is -0.311. The zero-order chi connectivity index (χ0) is 22.0. The van der Waals surface area contributed by atoms with Crippen molar-refractivity contribution in [3.63, 3.8) is 0 Å². The van der Waals surface area contributed by atoms with Crippen molar-refractivity contribution in [3.05, 3.63) is 59.7 Å². The van der Waals surface area contributed by atoms with Crippen molar-refractivity contribution in [3.8, 4) is 11.5 Å². The Bertz CT molecular complexity index is 1020. The molecule has 1 heterocycles. The van der Waals surface area contributed by atoms with Crippen LogP contribution in [0.15, 0.2) is 53.6 Å². The molecule has 1 atom stereocenters. The van der Waals surface area contributed by atoms with Crippen LogP contribution >= 0.6 is 0 Å². The number of amides is 2. The summed E-state index contributed by atoms with van der Waals surface area (Å²) in [7, 11) is 4.92. The summed E-state index contributed by atoms with van der Waals surface area (Å²) < 4.78 is 10.9. The Morgan fingerprint density at radius 1 is 1.10 bits per heavy atom. The number of rotatable bonds is 7. The lowest BCUT2D eigenvalue weighted by Gasteiger charge is -2.26. The summed E-state index contributed by atoms with van der Waals surface area (Å²) in [4.78, 5) is 27.1. The summed E-state index contributed by atoms with van der Waals surface area (Å²) in [5.74, 6) is 1.31. The zero-order valence-corrected chi connectivity index (χ0v) is 18.1. The molecule has 1 fully saturated rings. The number of hydrogen-bond acceptors (Lipinski definition) is 5. The molecule has 2 aromatic carbocycles. The molecule has 162 valence electrons. The maximum absolute atomic E-state index is 13.2. The largest absolute Gasteiger partial charge is 0.497 e. The third kappa shape index (κ3) is 4.40. The molecule has 1 unspecified atom stereocenters. The van der Waals surface area contributed by atoms with Gasteiger partial charge in [-0.1, -0.05) is 30.3 Å². The Morgan fingerprint density at radius 3 is 2.58 bits per heavy atom. The van der Waals surface area contributed by atoms with E-state index in [0.29, 0.717) is 12.2 Å². The lowest BCUT2D eigenvalue weighted by Crippen LogP contribution is -2.39. The van der Waals surface area contributed by atoms with Gasteiger partial charge in [0.2, 0.25) is 5.91 Å². The van der Waals surface area contributed by atoms with Crippen LogP contribution < -0.4 is 9.47 Å². The number of likely N-dealkylation sites (N-methyl/N-ethyl adjacent to an activating group) is 1. The van der Waals surface area contributed by atoms with E-state index in [1.165, 1.54) is 9.91 Å². The molecule has 0 radical (unpaired) electrons. The normalized spacial score (nSPS) is 17.8. The van der Waals surface area contributed by atoms with Crippen LogP contribution in [-0.4, -0.2) is 55.2 Å². The molecule has 1 saturated carbocycles. The van der Waals surface area contributed by atoms with E-state index in [1.54, 1.807) is 21.3 Å². The Hall–Kier alpha value is -3.35. The molecule has 7 nitrogen and oxygen atoms in total. The van der Waals surface area contributed by atoms with Gasteiger partial charge in [-0.05, 0) is 31.0 Å². The van der Waals surface area contributed by atoms with E-state index in [2.05, 4.69) is 0 Å². The Labute approximate surface area is 182 Å². The van der Waals surface area contributed by atoms with Gasteiger partial charge in [-0.25, -0.2) is 5.01 Å². The number of methoxy groups -OCH3 is 2. The summed E-state index contributed by atoms with van der Waals surface area (Å²) in [6.07, 6.45) is 2.35. The smallest absolute Gasteiger partial charge is 0.262 e. The minimum Gasteiger partial charge on any atom is -0.497 e. The highest BCUT2D eigenvalue weighted by Gasteiger charge is 2.37. The summed E-state index contributed by atoms with van der Waals surface area (Å²) in [5, 5.41) is 6.19. The number of benzene rings is 2. The average Bonchev–Trinajstić information content (AvgIpc) is 3.56. The van der Waals surface area contributed by atoms with Crippen LogP contribution in [-0.2, 0) is 9.59 Å². The summed E-state index contributed by atoms with van der Waals surface area (Å²) in [5.41, 5.74) is 2.58. The molecule has 2 aromatic rings. The molecule has 4 rings (SSSR count). The fourth-order valence-corrected chi connectivity index (χ4v) is 3.90. The number of carbonyl (C=O) groups is 2. The van der Waals surface area contributed by atoms with E-state index in [4.69, 9.17) is 14.6 Å². The first-order valence-electron chi connectivity index (χ1n) is 10.4. The number of ether oxygens (including phenoxy) is 2. The van der Waals surface area contributed by atoms with Crippen LogP contribution in [0.2, 0.25) is 0 Å². The topological polar surface area (TPSA) is 71.4 Å². The minimum absolute atomic E-state index is 0.00409. The lowest BCUT2D eigenvalue weighted by atomic mass is 9.97. The average molecular weight is 421 g/mol. The maximum Gasteiger partial charge on any atom is 0.262 e. The van der Waals surface area contributed by atoms with Crippen molar-refractivity contribution in [2.75, 3.05) is 27.8 Å². The van der Waals surface area contributed by atoms with Crippen LogP contribution in [0.3, 0.4) is 0 Å². The van der Waals surface area contributed by atoms with Crippen LogP contribution in [0.1, 0.15) is 36.4 Å². The molecule has 0 N–H and O–H groups in total. The second-order valence-corrected chi connectivity index (χ2v) is 7.95. The standard InChI is InChI=1S/C24H27N3O4/c1-26(24(29)16-11-12-16)15-23(28)27-21(19-9-4-5-10-22(19)31-3)14-20(25-27)17-7-6-8-18(13-17)30-2/h4-10,13,16,21H,11-12,14-15H2,1-3H3. The Balaban J connectivity index is 1.64. The third-order valence-electron chi connectivity index (χ3n) is 5.74. The highest BCUT2D eigenvalue weighted by molar-refractivity contribution is 6.03. The molecule has 1 aliphatic carbocycles. The van der Waals surface area contributed by atoms with Crippen LogP contribution in [0, 0.1) is 5.92 Å². The highest BCUT2D eigenvalue weighted by atomic mass is 16.5. The van der Waals surface area contributed by atoms with Gasteiger partial charge >= 0.3 is 0 Å². The molecule has 31 heavy (non-hydrogen) atoms. The van der Waals surface area contributed by atoms with Gasteiger partial charge in [0.25, 0.3) is 5.91 Å². The highest BCUT2D eigenvalue weighted by Crippen LogP contribution is 2.38. The van der Waals surface area contributed by atoms with Crippen molar-refractivity contribution in [2.24, 2.45) is 11.0 Å². The maximum atomic E-state index is 13.2. The van der Waals surface area contributed by atoms with Crippen LogP contribution in [0.4, 0.5) is 0 Å². The number of carbonyl (C=O) groups excluding carboxylic acids is 2. The van der Waals surface area contributed by atoms with E-state index in [1.807, 2.05) is 48.5 Å². The number of nitrogens with zero attached hydrogens (tertiary/aromatic N) is 3. The van der Waals surface area contributed by atoms with E-state index in [-0.39, 0.29) is 30.3 Å². The molecular weight excluding hydrogens is 394 g/mol. The Kier molecular flexibility index (Phi) is 5.93. The quantitative estimate of drug-likeness (QED) is 0.688. The van der Waals surface area contributed by atoms with E-state index in [9.17, 15) is 9.59 Å². The molecule has 0 saturated heterocycles. The van der Waals surface area contributed by atoms with Gasteiger partial charge in [-0.3, -0.25) is 9.59 Å². The fourth-order valence-electron chi connectivity index (χ4n) is 3.90. The van der Waals surface area contributed by atoms with Gasteiger partial charge < -0.3 is 14.4 Å². The molecule has 2 amide bonds. The number of hydrogen-bond donors (Lipinski definition) is 0. The van der Waals surface area contributed by atoms with Gasteiger partial charge in [-0.15, -0.1) is 0 Å². The first-order chi connectivity index (χ1) is 15.0. The molecule has 1 aliphatic heterocycles. The van der Waals surface area contributed by atoms with Crippen molar-refractivity contribution in [2.45, 2.75) is 25.3 Å². The SMILES string of the molecule is COc1cccc(C2=NN(C(=O)CN(C)C(=O)C3CC3)C(c3ccccc3OC)C2)c1.